The van der Waals surface area contributed by atoms with Gasteiger partial charge in [0.05, 0.1) is 36.4 Å². The molecule has 2 amide bonds. The largest absolute Gasteiger partial charge is 0.325 e. The third-order valence-electron chi connectivity index (χ3n) is 6.47. The molecule has 37 heavy (non-hydrogen) atoms. The summed E-state index contributed by atoms with van der Waals surface area (Å²) in [5.41, 5.74) is 7.93. The van der Waals surface area contributed by atoms with E-state index in [1.807, 2.05) is 4.90 Å². The zero-order valence-corrected chi connectivity index (χ0v) is 24.5. The Bertz CT molecular complexity index is 1180. The summed E-state index contributed by atoms with van der Waals surface area (Å²) in [6, 6.07) is 18.2. The molecule has 0 saturated heterocycles. The molecule has 0 fully saturated rings. The molecular formula is C31H40Cl2N3O+. The quantitative estimate of drug-likeness (QED) is 0.203. The zero-order valence-electron chi connectivity index (χ0n) is 23.0. The monoisotopic (exact) mass is 540 g/mol. The normalized spacial score (nSPS) is 11.5. The number of halogens is 2. The van der Waals surface area contributed by atoms with Crippen molar-refractivity contribution >= 4 is 34.9 Å². The first-order chi connectivity index (χ1) is 17.4. The Morgan fingerprint density at radius 2 is 1.32 bits per heavy atom. The Morgan fingerprint density at radius 1 is 0.811 bits per heavy atom. The van der Waals surface area contributed by atoms with E-state index in [1.165, 1.54) is 27.8 Å². The topological polar surface area (TPSA) is 32.3 Å². The van der Waals surface area contributed by atoms with Gasteiger partial charge in [-0.3, -0.25) is 0 Å². The molecule has 0 aliphatic carbocycles. The molecule has 0 unspecified atom stereocenters. The maximum Gasteiger partial charge on any atom is 0.322 e. The van der Waals surface area contributed by atoms with E-state index in [-0.39, 0.29) is 6.03 Å². The molecule has 4 nitrogen and oxygen atoms in total. The maximum absolute atomic E-state index is 13.4. The van der Waals surface area contributed by atoms with Gasteiger partial charge in [0.1, 0.15) is 6.54 Å². The van der Waals surface area contributed by atoms with Crippen molar-refractivity contribution in [3.8, 4) is 0 Å². The van der Waals surface area contributed by atoms with Gasteiger partial charge in [0.25, 0.3) is 0 Å². The Balaban J connectivity index is 1.66. The van der Waals surface area contributed by atoms with Crippen LogP contribution < -0.4 is 5.32 Å². The lowest BCUT2D eigenvalue weighted by Gasteiger charge is -2.31. The van der Waals surface area contributed by atoms with Gasteiger partial charge >= 0.3 is 6.03 Å². The molecule has 0 atom stereocenters. The minimum Gasteiger partial charge on any atom is -0.325 e. The number of carbonyl (C=O) groups is 1. The molecule has 198 valence electrons. The number of hydrogen-bond donors (Lipinski definition) is 1. The van der Waals surface area contributed by atoms with E-state index >= 15 is 0 Å². The van der Waals surface area contributed by atoms with E-state index in [2.05, 4.69) is 83.5 Å². The van der Waals surface area contributed by atoms with Crippen molar-refractivity contribution < 1.29 is 9.28 Å². The first-order valence-electron chi connectivity index (χ1n) is 12.9. The van der Waals surface area contributed by atoms with Gasteiger partial charge in [-0.2, -0.15) is 0 Å². The van der Waals surface area contributed by atoms with Crippen LogP contribution in [0.1, 0.15) is 46.2 Å². The van der Waals surface area contributed by atoms with Crippen molar-refractivity contribution in [2.75, 3.05) is 32.5 Å². The van der Waals surface area contributed by atoms with Crippen LogP contribution in [0.3, 0.4) is 0 Å². The van der Waals surface area contributed by atoms with Gasteiger partial charge in [0, 0.05) is 18.7 Å². The Labute approximate surface area is 232 Å². The summed E-state index contributed by atoms with van der Waals surface area (Å²) in [5, 5.41) is 3.80. The number of amides is 2. The van der Waals surface area contributed by atoms with Crippen molar-refractivity contribution in [3.63, 3.8) is 0 Å². The number of urea groups is 1. The minimum atomic E-state index is -0.196. The second-order valence-electron chi connectivity index (χ2n) is 11.0. The second-order valence-corrected chi connectivity index (χ2v) is 11.8. The summed E-state index contributed by atoms with van der Waals surface area (Å²) >= 11 is 12.6. The molecule has 3 aromatic carbocycles. The molecule has 0 aliphatic heterocycles. The standard InChI is InChI=1S/C31H39Cl2N3O/c1-22-14-23(2)17-26(16-22)20-35(31(37)34-30-28(32)10-9-11-29(30)33)12-7-8-13-36(5,6)21-27-18-24(3)15-25(4)19-27/h9-11,14-19H,7-8,12-13,20-21H2,1-6H3/p+1. The lowest BCUT2D eigenvalue weighted by molar-refractivity contribution is -0.903. The summed E-state index contributed by atoms with van der Waals surface area (Å²) in [6.07, 6.45) is 1.92. The highest BCUT2D eigenvalue weighted by Crippen LogP contribution is 2.30. The summed E-state index contributed by atoms with van der Waals surface area (Å²) in [6.45, 7) is 11.7. The summed E-state index contributed by atoms with van der Waals surface area (Å²) in [5.74, 6) is 0. The van der Waals surface area contributed by atoms with Gasteiger partial charge in [0.2, 0.25) is 0 Å². The maximum atomic E-state index is 13.4. The number of rotatable bonds is 10. The first-order valence-corrected chi connectivity index (χ1v) is 13.6. The molecule has 0 aliphatic rings. The fourth-order valence-corrected chi connectivity index (χ4v) is 5.50. The number of nitrogens with zero attached hydrogens (tertiary/aromatic N) is 2. The van der Waals surface area contributed by atoms with E-state index < -0.39 is 0 Å². The molecule has 1 N–H and O–H groups in total. The van der Waals surface area contributed by atoms with Crippen molar-refractivity contribution in [2.24, 2.45) is 0 Å². The number of aryl methyl sites for hydroxylation is 4. The smallest absolute Gasteiger partial charge is 0.322 e. The van der Waals surface area contributed by atoms with Crippen LogP contribution in [0.25, 0.3) is 0 Å². The second kappa shape index (κ2) is 12.8. The van der Waals surface area contributed by atoms with Crippen molar-refractivity contribution in [2.45, 2.75) is 53.6 Å². The number of anilines is 1. The van der Waals surface area contributed by atoms with Crippen LogP contribution >= 0.6 is 23.2 Å². The minimum absolute atomic E-state index is 0.196. The SMILES string of the molecule is Cc1cc(C)cc(CN(CCCC[N+](C)(C)Cc2cc(C)cc(C)c2)C(=O)Nc2c(Cl)cccc2Cl)c1. The third kappa shape index (κ3) is 9.07. The summed E-state index contributed by atoms with van der Waals surface area (Å²) in [4.78, 5) is 15.2. The first kappa shape index (κ1) is 29.0. The number of para-hydroxylation sites is 1. The predicted octanol–water partition coefficient (Wildman–Crippen LogP) is 8.32. The molecule has 0 radical (unpaired) electrons. The van der Waals surface area contributed by atoms with Crippen LogP contribution in [-0.2, 0) is 13.1 Å². The molecule has 3 aromatic rings. The Hall–Kier alpha value is -2.53. The molecular weight excluding hydrogens is 501 g/mol. The molecule has 0 saturated carbocycles. The van der Waals surface area contributed by atoms with Gasteiger partial charge < -0.3 is 14.7 Å². The molecule has 0 bridgehead atoms. The lowest BCUT2D eigenvalue weighted by atomic mass is 10.1. The summed E-state index contributed by atoms with van der Waals surface area (Å²) < 4.78 is 0.904. The number of unbranched alkanes of at least 4 members (excludes halogenated alkanes) is 1. The van der Waals surface area contributed by atoms with E-state index in [4.69, 9.17) is 23.2 Å². The van der Waals surface area contributed by atoms with Crippen LogP contribution in [0.15, 0.2) is 54.6 Å². The highest BCUT2D eigenvalue weighted by atomic mass is 35.5. The van der Waals surface area contributed by atoms with Crippen molar-refractivity contribution in [1.29, 1.82) is 0 Å². The zero-order chi connectivity index (χ0) is 27.2. The van der Waals surface area contributed by atoms with E-state index in [0.717, 1.165) is 36.0 Å². The number of carbonyl (C=O) groups excluding carboxylic acids is 1. The van der Waals surface area contributed by atoms with Gasteiger partial charge in [-0.25, -0.2) is 4.79 Å². The fraction of sp³-hybridized carbons (Fsp3) is 0.387. The van der Waals surface area contributed by atoms with Gasteiger partial charge in [0.15, 0.2) is 0 Å². The van der Waals surface area contributed by atoms with Crippen molar-refractivity contribution in [3.05, 3.63) is 98.0 Å². The van der Waals surface area contributed by atoms with Crippen LogP contribution in [0.4, 0.5) is 10.5 Å². The Morgan fingerprint density at radius 3 is 1.86 bits per heavy atom. The van der Waals surface area contributed by atoms with E-state index in [1.54, 1.807) is 18.2 Å². The van der Waals surface area contributed by atoms with Crippen LogP contribution in [0.2, 0.25) is 10.0 Å². The van der Waals surface area contributed by atoms with Crippen molar-refractivity contribution in [1.82, 2.24) is 4.90 Å². The average Bonchev–Trinajstić information content (AvgIpc) is 2.76. The average molecular weight is 542 g/mol. The number of hydrogen-bond acceptors (Lipinski definition) is 1. The van der Waals surface area contributed by atoms with Crippen LogP contribution in [-0.4, -0.2) is 42.6 Å². The predicted molar refractivity (Wildman–Crippen MR) is 158 cm³/mol. The molecule has 0 spiro atoms. The number of quaternary nitrogens is 1. The van der Waals surface area contributed by atoms with Crippen LogP contribution in [0, 0.1) is 27.7 Å². The Kier molecular flexibility index (Phi) is 10.1. The lowest BCUT2D eigenvalue weighted by Crippen LogP contribution is -2.40. The fourth-order valence-electron chi connectivity index (χ4n) is 5.01. The number of nitrogens with one attached hydrogen (secondary N) is 1. The number of benzene rings is 3. The molecule has 6 heteroatoms. The highest BCUT2D eigenvalue weighted by Gasteiger charge is 2.20. The molecule has 0 heterocycles. The van der Waals surface area contributed by atoms with E-state index in [0.29, 0.717) is 28.8 Å². The van der Waals surface area contributed by atoms with Gasteiger partial charge in [-0.1, -0.05) is 87.9 Å². The molecule has 0 aromatic heterocycles. The van der Waals surface area contributed by atoms with Gasteiger partial charge in [-0.15, -0.1) is 0 Å². The highest BCUT2D eigenvalue weighted by molar-refractivity contribution is 6.39. The van der Waals surface area contributed by atoms with Gasteiger partial charge in [-0.05, 0) is 58.2 Å². The molecule has 3 rings (SSSR count). The van der Waals surface area contributed by atoms with Crippen LogP contribution in [0.5, 0.6) is 0 Å². The summed E-state index contributed by atoms with van der Waals surface area (Å²) in [7, 11) is 4.55. The van der Waals surface area contributed by atoms with E-state index in [9.17, 15) is 4.79 Å². The third-order valence-corrected chi connectivity index (χ3v) is 7.10.